The molecular formula is C19H23N3O4S. The van der Waals surface area contributed by atoms with Crippen LogP contribution in [0.4, 0.5) is 10.7 Å². The zero-order valence-corrected chi connectivity index (χ0v) is 16.6. The third-order valence-electron chi connectivity index (χ3n) is 3.58. The van der Waals surface area contributed by atoms with Gasteiger partial charge in [0, 0.05) is 5.69 Å². The molecule has 2 aromatic rings. The average Bonchev–Trinajstić information content (AvgIpc) is 2.91. The number of amides is 2. The van der Waals surface area contributed by atoms with Crippen LogP contribution in [0.3, 0.4) is 0 Å². The normalized spacial score (nSPS) is 10.6. The Labute approximate surface area is 162 Å². The third kappa shape index (κ3) is 5.38. The molecule has 2 rings (SSSR count). The number of para-hydroxylation sites is 1. The molecule has 0 saturated heterocycles. The second kappa shape index (κ2) is 9.29. The van der Waals surface area contributed by atoms with Crippen LogP contribution in [-0.4, -0.2) is 49.9 Å². The van der Waals surface area contributed by atoms with Crippen molar-refractivity contribution in [2.45, 2.75) is 13.8 Å². The van der Waals surface area contributed by atoms with E-state index in [-0.39, 0.29) is 24.6 Å². The van der Waals surface area contributed by atoms with Gasteiger partial charge in [-0.2, -0.15) is 0 Å². The number of ether oxygens (including phenoxy) is 1. The van der Waals surface area contributed by atoms with Gasteiger partial charge in [0.15, 0.2) is 0 Å². The first-order valence-corrected chi connectivity index (χ1v) is 9.26. The number of carbonyl (C=O) groups is 3. The third-order valence-corrected chi connectivity index (χ3v) is 4.77. The zero-order chi connectivity index (χ0) is 20.0. The Morgan fingerprint density at radius 1 is 1.11 bits per heavy atom. The Morgan fingerprint density at radius 3 is 2.37 bits per heavy atom. The predicted molar refractivity (Wildman–Crippen MR) is 107 cm³/mol. The first kappa shape index (κ1) is 20.6. The van der Waals surface area contributed by atoms with Gasteiger partial charge < -0.3 is 20.3 Å². The highest BCUT2D eigenvalue weighted by atomic mass is 32.1. The minimum Gasteiger partial charge on any atom is -0.462 e. The van der Waals surface area contributed by atoms with Crippen LogP contribution >= 0.6 is 11.3 Å². The van der Waals surface area contributed by atoms with E-state index in [1.54, 1.807) is 57.1 Å². The first-order valence-electron chi connectivity index (χ1n) is 8.45. The van der Waals surface area contributed by atoms with E-state index in [9.17, 15) is 14.4 Å². The molecule has 144 valence electrons. The van der Waals surface area contributed by atoms with Crippen LogP contribution in [0.5, 0.6) is 0 Å². The van der Waals surface area contributed by atoms with E-state index in [2.05, 4.69) is 10.6 Å². The molecule has 0 fully saturated rings. The fourth-order valence-electron chi connectivity index (χ4n) is 2.43. The fourth-order valence-corrected chi connectivity index (χ4v) is 3.55. The summed E-state index contributed by atoms with van der Waals surface area (Å²) in [5, 5.41) is 5.86. The Kier molecular flexibility index (Phi) is 7.09. The van der Waals surface area contributed by atoms with E-state index < -0.39 is 11.9 Å². The highest BCUT2D eigenvalue weighted by Gasteiger charge is 2.26. The standard InChI is InChI=1S/C19H23N3O4S/c1-5-26-19(25)16-12(2)15(17(24)20-13-9-7-6-8-10-13)18(27-16)21-14(23)11-22(3)4/h6-10H,5,11H2,1-4H3,(H,20,24)(H,21,23). The number of rotatable bonds is 7. The maximum atomic E-state index is 12.8. The van der Waals surface area contributed by atoms with Crippen LogP contribution in [0.2, 0.25) is 0 Å². The minimum absolute atomic E-state index is 0.158. The van der Waals surface area contributed by atoms with Crippen molar-refractivity contribution >= 4 is 39.8 Å². The summed E-state index contributed by atoms with van der Waals surface area (Å²) in [5.41, 5.74) is 1.36. The molecule has 0 aliphatic rings. The van der Waals surface area contributed by atoms with Gasteiger partial charge in [0.2, 0.25) is 5.91 Å². The maximum absolute atomic E-state index is 12.8. The number of thiophene rings is 1. The monoisotopic (exact) mass is 389 g/mol. The molecule has 0 spiro atoms. The van der Waals surface area contributed by atoms with E-state index in [4.69, 9.17) is 4.74 Å². The molecule has 27 heavy (non-hydrogen) atoms. The second-order valence-electron chi connectivity index (χ2n) is 6.09. The van der Waals surface area contributed by atoms with Crippen molar-refractivity contribution in [1.29, 1.82) is 0 Å². The lowest BCUT2D eigenvalue weighted by Gasteiger charge is -2.11. The molecule has 1 aromatic carbocycles. The summed E-state index contributed by atoms with van der Waals surface area (Å²) in [5.74, 6) is -1.18. The summed E-state index contributed by atoms with van der Waals surface area (Å²) in [6.45, 7) is 3.77. The highest BCUT2D eigenvalue weighted by molar-refractivity contribution is 7.18. The van der Waals surface area contributed by atoms with Gasteiger partial charge in [-0.3, -0.25) is 9.59 Å². The molecule has 8 heteroatoms. The van der Waals surface area contributed by atoms with E-state index in [1.807, 2.05) is 6.07 Å². The largest absolute Gasteiger partial charge is 0.462 e. The average molecular weight is 389 g/mol. The number of benzene rings is 1. The van der Waals surface area contributed by atoms with E-state index >= 15 is 0 Å². The lowest BCUT2D eigenvalue weighted by molar-refractivity contribution is -0.116. The molecule has 0 unspecified atom stereocenters. The number of carbonyl (C=O) groups excluding carboxylic acids is 3. The molecule has 2 amide bonds. The Balaban J connectivity index is 2.37. The van der Waals surface area contributed by atoms with Gasteiger partial charge in [0.05, 0.1) is 18.7 Å². The molecule has 0 aliphatic heterocycles. The minimum atomic E-state index is -0.512. The summed E-state index contributed by atoms with van der Waals surface area (Å²) in [6, 6.07) is 8.98. The van der Waals surface area contributed by atoms with Gasteiger partial charge in [-0.05, 0) is 45.6 Å². The summed E-state index contributed by atoms with van der Waals surface area (Å²) in [6.07, 6.45) is 0. The van der Waals surface area contributed by atoms with Crippen LogP contribution < -0.4 is 10.6 Å². The number of hydrogen-bond acceptors (Lipinski definition) is 6. The van der Waals surface area contributed by atoms with Crippen LogP contribution in [0, 0.1) is 6.92 Å². The zero-order valence-electron chi connectivity index (χ0n) is 15.8. The van der Waals surface area contributed by atoms with Crippen molar-refractivity contribution < 1.29 is 19.1 Å². The predicted octanol–water partition coefficient (Wildman–Crippen LogP) is 2.99. The lowest BCUT2D eigenvalue weighted by atomic mass is 10.1. The summed E-state index contributed by atoms with van der Waals surface area (Å²) >= 11 is 1.04. The molecule has 2 N–H and O–H groups in total. The number of nitrogens with one attached hydrogen (secondary N) is 2. The molecule has 0 radical (unpaired) electrons. The van der Waals surface area contributed by atoms with Crippen molar-refractivity contribution in [3.05, 3.63) is 46.3 Å². The van der Waals surface area contributed by atoms with Crippen molar-refractivity contribution in [3.63, 3.8) is 0 Å². The summed E-state index contributed by atoms with van der Waals surface area (Å²) in [4.78, 5) is 39.2. The Morgan fingerprint density at radius 2 is 1.78 bits per heavy atom. The topological polar surface area (TPSA) is 87.7 Å². The lowest BCUT2D eigenvalue weighted by Crippen LogP contribution is -2.27. The van der Waals surface area contributed by atoms with Gasteiger partial charge in [-0.1, -0.05) is 18.2 Å². The number of hydrogen-bond donors (Lipinski definition) is 2. The molecule has 0 saturated carbocycles. The molecule has 0 aliphatic carbocycles. The van der Waals surface area contributed by atoms with E-state index in [0.29, 0.717) is 21.1 Å². The van der Waals surface area contributed by atoms with Crippen molar-refractivity contribution in [2.24, 2.45) is 0 Å². The second-order valence-corrected chi connectivity index (χ2v) is 7.11. The molecular weight excluding hydrogens is 366 g/mol. The maximum Gasteiger partial charge on any atom is 0.348 e. The molecule has 0 bridgehead atoms. The number of anilines is 2. The SMILES string of the molecule is CCOC(=O)c1sc(NC(=O)CN(C)C)c(C(=O)Nc2ccccc2)c1C. The Hall–Kier alpha value is -2.71. The van der Waals surface area contributed by atoms with Gasteiger partial charge >= 0.3 is 5.97 Å². The van der Waals surface area contributed by atoms with Crippen LogP contribution in [0.1, 0.15) is 32.5 Å². The van der Waals surface area contributed by atoms with E-state index in [1.165, 1.54) is 0 Å². The van der Waals surface area contributed by atoms with Crippen LogP contribution in [-0.2, 0) is 9.53 Å². The first-order chi connectivity index (χ1) is 12.8. The number of likely N-dealkylation sites (N-methyl/N-ethyl adjacent to an activating group) is 1. The van der Waals surface area contributed by atoms with Crippen LogP contribution in [0.25, 0.3) is 0 Å². The number of esters is 1. The highest BCUT2D eigenvalue weighted by Crippen LogP contribution is 2.34. The van der Waals surface area contributed by atoms with Crippen LogP contribution in [0.15, 0.2) is 30.3 Å². The Bertz CT molecular complexity index is 831. The van der Waals surface area contributed by atoms with Gasteiger partial charge in [0.1, 0.15) is 9.88 Å². The quantitative estimate of drug-likeness (QED) is 0.711. The van der Waals surface area contributed by atoms with Crippen molar-refractivity contribution in [2.75, 3.05) is 37.9 Å². The summed E-state index contributed by atoms with van der Waals surface area (Å²) < 4.78 is 5.06. The van der Waals surface area contributed by atoms with Gasteiger partial charge in [0.25, 0.3) is 5.91 Å². The molecule has 1 heterocycles. The van der Waals surface area contributed by atoms with Crippen molar-refractivity contribution in [1.82, 2.24) is 4.90 Å². The van der Waals surface area contributed by atoms with Gasteiger partial charge in [-0.15, -0.1) is 11.3 Å². The molecule has 1 aromatic heterocycles. The smallest absolute Gasteiger partial charge is 0.348 e. The van der Waals surface area contributed by atoms with Gasteiger partial charge in [-0.25, -0.2) is 4.79 Å². The van der Waals surface area contributed by atoms with E-state index in [0.717, 1.165) is 11.3 Å². The summed E-state index contributed by atoms with van der Waals surface area (Å²) in [7, 11) is 3.54. The van der Waals surface area contributed by atoms with Crippen molar-refractivity contribution in [3.8, 4) is 0 Å². The molecule has 7 nitrogen and oxygen atoms in total. The molecule has 0 atom stereocenters. The fraction of sp³-hybridized carbons (Fsp3) is 0.316. The number of nitrogens with zero attached hydrogens (tertiary/aromatic N) is 1.